The van der Waals surface area contributed by atoms with Crippen molar-refractivity contribution < 1.29 is 9.53 Å². The third kappa shape index (κ3) is 3.44. The highest BCUT2D eigenvalue weighted by molar-refractivity contribution is 6.30. The molecule has 1 aliphatic heterocycles. The summed E-state index contributed by atoms with van der Waals surface area (Å²) in [6.07, 6.45) is 1.68. The quantitative estimate of drug-likeness (QED) is 0.467. The Balaban J connectivity index is 1.60. The molecule has 0 N–H and O–H groups in total. The molecule has 4 heteroatoms. The molecule has 0 unspecified atom stereocenters. The molecule has 0 atom stereocenters. The zero-order chi connectivity index (χ0) is 17.9. The second kappa shape index (κ2) is 6.98. The number of esters is 1. The molecule has 0 spiro atoms. The number of ether oxygens (including phenoxy) is 1. The molecule has 0 radical (unpaired) electrons. The molecule has 3 aromatic carbocycles. The summed E-state index contributed by atoms with van der Waals surface area (Å²) in [6, 6.07) is 25.0. The van der Waals surface area contributed by atoms with Crippen LogP contribution in [0.1, 0.15) is 11.1 Å². The zero-order valence-electron chi connectivity index (χ0n) is 13.7. The van der Waals surface area contributed by atoms with Crippen LogP contribution in [-0.4, -0.2) is 11.9 Å². The predicted molar refractivity (Wildman–Crippen MR) is 104 cm³/mol. The fourth-order valence-electron chi connectivity index (χ4n) is 2.69. The highest BCUT2D eigenvalue weighted by Crippen LogP contribution is 2.23. The average molecular weight is 360 g/mol. The van der Waals surface area contributed by atoms with E-state index in [1.807, 2.05) is 54.6 Å². The first kappa shape index (κ1) is 16.3. The van der Waals surface area contributed by atoms with E-state index in [-0.39, 0.29) is 5.70 Å². The van der Waals surface area contributed by atoms with Crippen LogP contribution in [0.3, 0.4) is 0 Å². The topological polar surface area (TPSA) is 38.7 Å². The van der Waals surface area contributed by atoms with Gasteiger partial charge in [-0.3, -0.25) is 0 Å². The van der Waals surface area contributed by atoms with E-state index in [9.17, 15) is 4.79 Å². The lowest BCUT2D eigenvalue weighted by Crippen LogP contribution is -2.05. The van der Waals surface area contributed by atoms with Crippen LogP contribution in [0.5, 0.6) is 0 Å². The molecule has 0 saturated heterocycles. The molecule has 26 heavy (non-hydrogen) atoms. The number of hydrogen-bond acceptors (Lipinski definition) is 3. The highest BCUT2D eigenvalue weighted by Gasteiger charge is 2.24. The lowest BCUT2D eigenvalue weighted by Gasteiger charge is -2.03. The first-order valence-electron chi connectivity index (χ1n) is 8.13. The maximum absolute atomic E-state index is 12.1. The Morgan fingerprint density at radius 2 is 1.38 bits per heavy atom. The first-order valence-corrected chi connectivity index (χ1v) is 8.51. The Kier molecular flexibility index (Phi) is 4.38. The van der Waals surface area contributed by atoms with Gasteiger partial charge in [-0.1, -0.05) is 66.2 Å². The maximum atomic E-state index is 12.1. The van der Waals surface area contributed by atoms with Gasteiger partial charge in [-0.25, -0.2) is 9.79 Å². The van der Waals surface area contributed by atoms with Gasteiger partial charge >= 0.3 is 5.97 Å². The SMILES string of the molecule is O=C1OC(c2ccc(-c3ccccc3)cc2)=N/C1=C\c1ccc(Cl)cc1. The van der Waals surface area contributed by atoms with E-state index < -0.39 is 5.97 Å². The summed E-state index contributed by atoms with van der Waals surface area (Å²) in [5.41, 5.74) is 4.10. The summed E-state index contributed by atoms with van der Waals surface area (Å²) in [5.74, 6) is -0.142. The van der Waals surface area contributed by atoms with Gasteiger partial charge in [-0.05, 0) is 47.0 Å². The summed E-state index contributed by atoms with van der Waals surface area (Å²) in [5, 5.41) is 0.642. The summed E-state index contributed by atoms with van der Waals surface area (Å²) < 4.78 is 5.32. The van der Waals surface area contributed by atoms with E-state index in [2.05, 4.69) is 17.1 Å². The molecular weight excluding hydrogens is 346 g/mol. The van der Waals surface area contributed by atoms with Crippen molar-refractivity contribution in [3.63, 3.8) is 0 Å². The molecule has 126 valence electrons. The van der Waals surface area contributed by atoms with Crippen molar-refractivity contribution in [3.05, 3.63) is 101 Å². The van der Waals surface area contributed by atoms with Gasteiger partial charge in [0.15, 0.2) is 5.70 Å². The minimum absolute atomic E-state index is 0.273. The third-order valence-corrected chi connectivity index (χ3v) is 4.28. The van der Waals surface area contributed by atoms with Gasteiger partial charge in [0.1, 0.15) is 0 Å². The number of cyclic esters (lactones) is 1. The minimum atomic E-state index is -0.456. The normalized spacial score (nSPS) is 15.0. The van der Waals surface area contributed by atoms with Gasteiger partial charge in [-0.2, -0.15) is 0 Å². The number of rotatable bonds is 3. The van der Waals surface area contributed by atoms with Crippen LogP contribution in [0.2, 0.25) is 5.02 Å². The molecule has 3 aromatic rings. The Labute approximate surface area is 156 Å². The van der Waals surface area contributed by atoms with Crippen LogP contribution in [0.25, 0.3) is 17.2 Å². The second-order valence-corrected chi connectivity index (χ2v) is 6.27. The van der Waals surface area contributed by atoms with Crippen molar-refractivity contribution in [2.45, 2.75) is 0 Å². The van der Waals surface area contributed by atoms with Crippen LogP contribution >= 0.6 is 11.6 Å². The number of benzene rings is 3. The molecule has 0 bridgehead atoms. The van der Waals surface area contributed by atoms with Crippen molar-refractivity contribution in [2.75, 3.05) is 0 Å². The average Bonchev–Trinajstić information content (AvgIpc) is 3.05. The Hall–Kier alpha value is -3.17. The third-order valence-electron chi connectivity index (χ3n) is 4.03. The molecule has 1 heterocycles. The van der Waals surface area contributed by atoms with Crippen LogP contribution in [0, 0.1) is 0 Å². The molecule has 0 fully saturated rings. The van der Waals surface area contributed by atoms with E-state index in [0.29, 0.717) is 10.9 Å². The van der Waals surface area contributed by atoms with Crippen molar-refractivity contribution in [2.24, 2.45) is 4.99 Å². The van der Waals surface area contributed by atoms with E-state index in [1.165, 1.54) is 0 Å². The Morgan fingerprint density at radius 3 is 2.08 bits per heavy atom. The molecule has 0 saturated carbocycles. The Bertz CT molecular complexity index is 1000. The van der Waals surface area contributed by atoms with Crippen LogP contribution in [0.15, 0.2) is 89.6 Å². The fourth-order valence-corrected chi connectivity index (χ4v) is 2.81. The van der Waals surface area contributed by atoms with Crippen LogP contribution in [-0.2, 0) is 9.53 Å². The summed E-state index contributed by atoms with van der Waals surface area (Å²) in [6.45, 7) is 0. The van der Waals surface area contributed by atoms with E-state index in [0.717, 1.165) is 22.3 Å². The monoisotopic (exact) mass is 359 g/mol. The van der Waals surface area contributed by atoms with Gasteiger partial charge in [0.2, 0.25) is 5.90 Å². The van der Waals surface area contributed by atoms with Gasteiger partial charge in [0, 0.05) is 10.6 Å². The van der Waals surface area contributed by atoms with Gasteiger partial charge in [0.05, 0.1) is 0 Å². The van der Waals surface area contributed by atoms with E-state index in [1.54, 1.807) is 18.2 Å². The Morgan fingerprint density at radius 1 is 0.769 bits per heavy atom. The standard InChI is InChI=1S/C22H14ClNO2/c23-19-12-6-15(7-13-19)14-20-22(25)26-21(24-20)18-10-8-17(9-11-18)16-4-2-1-3-5-16/h1-14H/b20-14-. The number of aliphatic imine (C=N–C) groups is 1. The number of hydrogen-bond donors (Lipinski definition) is 0. The van der Waals surface area contributed by atoms with Crippen LogP contribution < -0.4 is 0 Å². The van der Waals surface area contributed by atoms with Crippen molar-refractivity contribution in [1.82, 2.24) is 0 Å². The molecule has 0 aliphatic carbocycles. The zero-order valence-corrected chi connectivity index (χ0v) is 14.5. The van der Waals surface area contributed by atoms with Gasteiger partial charge in [-0.15, -0.1) is 0 Å². The summed E-state index contributed by atoms with van der Waals surface area (Å²) in [4.78, 5) is 16.4. The van der Waals surface area contributed by atoms with Gasteiger partial charge in [0.25, 0.3) is 0 Å². The summed E-state index contributed by atoms with van der Waals surface area (Å²) >= 11 is 5.88. The smallest absolute Gasteiger partial charge is 0.363 e. The predicted octanol–water partition coefficient (Wildman–Crippen LogP) is 5.35. The number of carbonyl (C=O) groups excluding carboxylic acids is 1. The largest absolute Gasteiger partial charge is 0.402 e. The fraction of sp³-hybridized carbons (Fsp3) is 0. The molecular formula is C22H14ClNO2. The van der Waals surface area contributed by atoms with Crippen LogP contribution in [0.4, 0.5) is 0 Å². The van der Waals surface area contributed by atoms with E-state index in [4.69, 9.17) is 16.3 Å². The second-order valence-electron chi connectivity index (χ2n) is 5.83. The van der Waals surface area contributed by atoms with E-state index >= 15 is 0 Å². The molecule has 0 aromatic heterocycles. The first-order chi connectivity index (χ1) is 12.7. The molecule has 4 rings (SSSR count). The van der Waals surface area contributed by atoms with Crippen molar-refractivity contribution in [3.8, 4) is 11.1 Å². The maximum Gasteiger partial charge on any atom is 0.363 e. The molecule has 3 nitrogen and oxygen atoms in total. The summed E-state index contributed by atoms with van der Waals surface area (Å²) in [7, 11) is 0. The molecule has 0 amide bonds. The number of halogens is 1. The van der Waals surface area contributed by atoms with Crippen molar-refractivity contribution in [1.29, 1.82) is 0 Å². The highest BCUT2D eigenvalue weighted by atomic mass is 35.5. The minimum Gasteiger partial charge on any atom is -0.402 e. The molecule has 1 aliphatic rings. The van der Waals surface area contributed by atoms with Gasteiger partial charge < -0.3 is 4.74 Å². The number of carbonyl (C=O) groups is 1. The lowest BCUT2D eigenvalue weighted by atomic mass is 10.0. The number of nitrogens with zero attached hydrogens (tertiary/aromatic N) is 1. The van der Waals surface area contributed by atoms with Crippen molar-refractivity contribution >= 4 is 29.5 Å². The lowest BCUT2D eigenvalue weighted by molar-refractivity contribution is -0.129.